The Balaban J connectivity index is 1.64. The molecule has 0 aliphatic heterocycles. The third kappa shape index (κ3) is 3.34. The minimum Gasteiger partial charge on any atom is -0.322 e. The summed E-state index contributed by atoms with van der Waals surface area (Å²) < 4.78 is 0.741. The maximum Gasteiger partial charge on any atom is 0.256 e. The number of carbonyl (C=O) groups excluding carboxylic acids is 1. The average molecular weight is 428 g/mol. The molecule has 0 spiro atoms. The van der Waals surface area contributed by atoms with Crippen LogP contribution in [0.1, 0.15) is 10.4 Å². The number of fused-ring (bicyclic) bond motifs is 1. The molecular weight excluding hydrogens is 416 g/mol. The third-order valence-corrected chi connectivity index (χ3v) is 4.72. The molecule has 0 bridgehead atoms. The number of rotatable bonds is 3. The Morgan fingerprint density at radius 3 is 2.58 bits per heavy atom. The summed E-state index contributed by atoms with van der Waals surface area (Å²) in [6.07, 6.45) is 0. The number of nitrogens with zero attached hydrogens (tertiary/aromatic N) is 3. The van der Waals surface area contributed by atoms with E-state index in [1.807, 2.05) is 36.4 Å². The molecule has 1 heterocycles. The Bertz CT molecular complexity index is 1130. The maximum atomic E-state index is 12.4. The van der Waals surface area contributed by atoms with E-state index in [1.165, 1.54) is 4.80 Å². The van der Waals surface area contributed by atoms with Crippen molar-refractivity contribution in [1.29, 1.82) is 0 Å². The fourth-order valence-electron chi connectivity index (χ4n) is 2.55. The first-order valence-corrected chi connectivity index (χ1v) is 8.96. The van der Waals surface area contributed by atoms with Gasteiger partial charge in [0, 0.05) is 15.2 Å². The van der Waals surface area contributed by atoms with Gasteiger partial charge in [-0.1, -0.05) is 29.8 Å². The molecule has 5 nitrogen and oxygen atoms in total. The topological polar surface area (TPSA) is 59.8 Å². The molecule has 7 heteroatoms. The lowest BCUT2D eigenvalue weighted by atomic mass is 10.2. The predicted octanol–water partition coefficient (Wildman–Crippen LogP) is 5.09. The highest BCUT2D eigenvalue weighted by molar-refractivity contribution is 9.10. The van der Waals surface area contributed by atoms with Gasteiger partial charge in [-0.05, 0) is 64.5 Å². The first-order valence-electron chi connectivity index (χ1n) is 7.79. The van der Waals surface area contributed by atoms with Gasteiger partial charge in [0.15, 0.2) is 0 Å². The average Bonchev–Trinajstić information content (AvgIpc) is 3.05. The molecule has 3 aromatic carbocycles. The second kappa shape index (κ2) is 6.90. The van der Waals surface area contributed by atoms with Crippen molar-refractivity contribution >= 4 is 50.2 Å². The minimum atomic E-state index is -0.195. The van der Waals surface area contributed by atoms with E-state index >= 15 is 0 Å². The van der Waals surface area contributed by atoms with Gasteiger partial charge in [-0.2, -0.15) is 4.80 Å². The molecule has 0 aliphatic rings. The second-order valence-electron chi connectivity index (χ2n) is 5.61. The fraction of sp³-hybridized carbons (Fsp3) is 0. The van der Waals surface area contributed by atoms with Crippen molar-refractivity contribution in [2.45, 2.75) is 0 Å². The largest absolute Gasteiger partial charge is 0.322 e. The Kier molecular flexibility index (Phi) is 4.44. The highest BCUT2D eigenvalue weighted by atomic mass is 79.9. The van der Waals surface area contributed by atoms with Gasteiger partial charge in [0.2, 0.25) is 0 Å². The lowest BCUT2D eigenvalue weighted by Gasteiger charge is -2.06. The van der Waals surface area contributed by atoms with Crippen molar-refractivity contribution in [3.63, 3.8) is 0 Å². The van der Waals surface area contributed by atoms with Crippen LogP contribution >= 0.6 is 27.5 Å². The first kappa shape index (κ1) is 16.8. The number of nitrogens with one attached hydrogen (secondary N) is 1. The molecule has 0 saturated carbocycles. The number of amides is 1. The van der Waals surface area contributed by atoms with Gasteiger partial charge >= 0.3 is 0 Å². The van der Waals surface area contributed by atoms with E-state index < -0.39 is 0 Å². The molecule has 1 N–H and O–H groups in total. The molecule has 0 aliphatic carbocycles. The monoisotopic (exact) mass is 426 g/mol. The van der Waals surface area contributed by atoms with Crippen molar-refractivity contribution in [2.75, 3.05) is 5.32 Å². The van der Waals surface area contributed by atoms with Crippen molar-refractivity contribution in [3.05, 3.63) is 81.8 Å². The van der Waals surface area contributed by atoms with E-state index in [0.29, 0.717) is 21.8 Å². The van der Waals surface area contributed by atoms with Gasteiger partial charge in [0.25, 0.3) is 5.91 Å². The zero-order valence-electron chi connectivity index (χ0n) is 13.4. The number of carbonyl (C=O) groups is 1. The van der Waals surface area contributed by atoms with E-state index in [-0.39, 0.29) is 5.91 Å². The summed E-state index contributed by atoms with van der Waals surface area (Å²) in [6, 6.07) is 20.0. The molecule has 128 valence electrons. The summed E-state index contributed by atoms with van der Waals surface area (Å²) in [5.74, 6) is -0.195. The molecular formula is C19H12BrClN4O. The first-order chi connectivity index (χ1) is 12.6. The molecule has 0 saturated heterocycles. The van der Waals surface area contributed by atoms with Crippen LogP contribution in [0.2, 0.25) is 5.02 Å². The summed E-state index contributed by atoms with van der Waals surface area (Å²) in [5.41, 5.74) is 3.39. The Labute approximate surface area is 162 Å². The van der Waals surface area contributed by atoms with Crippen molar-refractivity contribution < 1.29 is 4.79 Å². The normalized spacial score (nSPS) is 10.8. The zero-order chi connectivity index (χ0) is 18.1. The highest BCUT2D eigenvalue weighted by Crippen LogP contribution is 2.21. The predicted molar refractivity (Wildman–Crippen MR) is 106 cm³/mol. The van der Waals surface area contributed by atoms with Crippen LogP contribution in [0, 0.1) is 0 Å². The Morgan fingerprint density at radius 2 is 1.77 bits per heavy atom. The summed E-state index contributed by atoms with van der Waals surface area (Å²) >= 11 is 9.41. The van der Waals surface area contributed by atoms with E-state index in [0.717, 1.165) is 15.7 Å². The van der Waals surface area contributed by atoms with Crippen LogP contribution in [0.25, 0.3) is 16.7 Å². The highest BCUT2D eigenvalue weighted by Gasteiger charge is 2.11. The molecule has 1 amide bonds. The van der Waals surface area contributed by atoms with Crippen molar-refractivity contribution in [2.24, 2.45) is 0 Å². The van der Waals surface area contributed by atoms with Crippen LogP contribution in [0.15, 0.2) is 71.2 Å². The fourth-order valence-corrected chi connectivity index (χ4v) is 3.20. The van der Waals surface area contributed by atoms with E-state index in [9.17, 15) is 4.79 Å². The van der Waals surface area contributed by atoms with Gasteiger partial charge in [-0.25, -0.2) is 0 Å². The van der Waals surface area contributed by atoms with Crippen molar-refractivity contribution in [1.82, 2.24) is 15.0 Å². The molecule has 26 heavy (non-hydrogen) atoms. The number of hydrogen-bond donors (Lipinski definition) is 1. The van der Waals surface area contributed by atoms with Crippen LogP contribution in [0.5, 0.6) is 0 Å². The Morgan fingerprint density at radius 1 is 0.962 bits per heavy atom. The van der Waals surface area contributed by atoms with E-state index in [4.69, 9.17) is 11.6 Å². The molecule has 0 radical (unpaired) electrons. The summed E-state index contributed by atoms with van der Waals surface area (Å²) in [7, 11) is 0. The summed E-state index contributed by atoms with van der Waals surface area (Å²) in [5, 5.41) is 12.4. The molecule has 0 unspecified atom stereocenters. The van der Waals surface area contributed by atoms with Crippen LogP contribution in [-0.2, 0) is 0 Å². The number of benzene rings is 3. The maximum absolute atomic E-state index is 12.4. The van der Waals surface area contributed by atoms with Crippen LogP contribution in [-0.4, -0.2) is 20.9 Å². The smallest absolute Gasteiger partial charge is 0.256 e. The molecule has 1 aromatic heterocycles. The van der Waals surface area contributed by atoms with E-state index in [1.54, 1.807) is 30.3 Å². The van der Waals surface area contributed by atoms with Crippen LogP contribution < -0.4 is 5.32 Å². The van der Waals surface area contributed by atoms with Crippen LogP contribution in [0.4, 0.5) is 5.69 Å². The third-order valence-electron chi connectivity index (χ3n) is 3.80. The standard InChI is InChI=1S/C19H12BrClN4O/c20-16-7-2-1-6-15(16)19(26)22-13-8-9-17-18(11-13)24-25(23-17)14-5-3-4-12(21)10-14/h1-11H,(H,22,26). The Hall–Kier alpha value is -2.70. The number of halogens is 2. The van der Waals surface area contributed by atoms with E-state index in [2.05, 4.69) is 31.4 Å². The molecule has 0 fully saturated rings. The quantitative estimate of drug-likeness (QED) is 0.495. The summed E-state index contributed by atoms with van der Waals surface area (Å²) in [6.45, 7) is 0. The molecule has 0 atom stereocenters. The molecule has 4 rings (SSSR count). The lowest BCUT2D eigenvalue weighted by molar-refractivity contribution is 0.102. The minimum absolute atomic E-state index is 0.195. The second-order valence-corrected chi connectivity index (χ2v) is 6.90. The number of hydrogen-bond acceptors (Lipinski definition) is 3. The SMILES string of the molecule is O=C(Nc1ccc2nn(-c3cccc(Cl)c3)nc2c1)c1ccccc1Br. The van der Waals surface area contributed by atoms with Gasteiger partial charge < -0.3 is 5.32 Å². The molecule has 4 aromatic rings. The van der Waals surface area contributed by atoms with Gasteiger partial charge in [0.05, 0.1) is 11.3 Å². The summed E-state index contributed by atoms with van der Waals surface area (Å²) in [4.78, 5) is 14.0. The van der Waals surface area contributed by atoms with Crippen molar-refractivity contribution in [3.8, 4) is 5.69 Å². The zero-order valence-corrected chi connectivity index (χ0v) is 15.7. The van der Waals surface area contributed by atoms with Crippen LogP contribution in [0.3, 0.4) is 0 Å². The number of anilines is 1. The van der Waals surface area contributed by atoms with Gasteiger partial charge in [-0.3, -0.25) is 4.79 Å². The lowest BCUT2D eigenvalue weighted by Crippen LogP contribution is -2.12. The number of aromatic nitrogens is 3. The van der Waals surface area contributed by atoms with Gasteiger partial charge in [0.1, 0.15) is 11.0 Å². The van der Waals surface area contributed by atoms with Gasteiger partial charge in [-0.15, -0.1) is 10.2 Å².